The third kappa shape index (κ3) is 3.85. The molecule has 0 spiro atoms. The summed E-state index contributed by atoms with van der Waals surface area (Å²) in [5, 5.41) is 0. The summed E-state index contributed by atoms with van der Waals surface area (Å²) in [6.45, 7) is 5.22. The number of para-hydroxylation sites is 1. The number of hydrogen-bond acceptors (Lipinski definition) is 4. The molecular formula is C17H19O4P. The van der Waals surface area contributed by atoms with Gasteiger partial charge in [-0.1, -0.05) is 42.5 Å². The molecule has 0 saturated heterocycles. The van der Waals surface area contributed by atoms with Crippen molar-refractivity contribution in [3.63, 3.8) is 0 Å². The maximum absolute atomic E-state index is 13.1. The minimum absolute atomic E-state index is 0.341. The second-order valence-corrected chi connectivity index (χ2v) is 6.97. The van der Waals surface area contributed by atoms with Crippen LogP contribution in [0.15, 0.2) is 54.6 Å². The average molecular weight is 318 g/mol. The fourth-order valence-corrected chi connectivity index (χ4v) is 3.69. The Balaban J connectivity index is 2.39. The number of carbonyl (C=O) groups is 1. The smallest absolute Gasteiger partial charge is 0.419 e. The second-order valence-electron chi connectivity index (χ2n) is 5.18. The van der Waals surface area contributed by atoms with Gasteiger partial charge in [0.15, 0.2) is 0 Å². The van der Waals surface area contributed by atoms with E-state index in [1.807, 2.05) is 12.1 Å². The highest BCUT2D eigenvalue weighted by Gasteiger charge is 2.39. The van der Waals surface area contributed by atoms with Gasteiger partial charge in [0.05, 0.1) is 6.10 Å². The molecule has 0 heterocycles. The number of rotatable bonds is 6. The molecular weight excluding hydrogens is 299 g/mol. The van der Waals surface area contributed by atoms with Gasteiger partial charge in [0.25, 0.3) is 5.52 Å². The molecule has 0 aromatic heterocycles. The zero-order chi connectivity index (χ0) is 16.2. The van der Waals surface area contributed by atoms with Crippen LogP contribution in [0.25, 0.3) is 0 Å². The molecule has 2 rings (SSSR count). The van der Waals surface area contributed by atoms with Gasteiger partial charge < -0.3 is 4.52 Å². The van der Waals surface area contributed by atoms with Crippen LogP contribution < -0.4 is 4.52 Å². The summed E-state index contributed by atoms with van der Waals surface area (Å²) in [6.07, 6.45) is -0.400. The van der Waals surface area contributed by atoms with Gasteiger partial charge in [-0.3, -0.25) is 9.32 Å². The van der Waals surface area contributed by atoms with Crippen molar-refractivity contribution in [2.24, 2.45) is 0 Å². The van der Waals surface area contributed by atoms with Crippen molar-refractivity contribution in [3.8, 4) is 5.75 Å². The average Bonchev–Trinajstić information content (AvgIpc) is 2.47. The summed E-state index contributed by atoms with van der Waals surface area (Å²) in [5.41, 5.74) is 0.460. The first kappa shape index (κ1) is 16.5. The molecule has 0 aliphatic heterocycles. The van der Waals surface area contributed by atoms with Crippen LogP contribution in [-0.2, 0) is 9.09 Å². The van der Waals surface area contributed by atoms with Crippen LogP contribution in [0.2, 0.25) is 0 Å². The van der Waals surface area contributed by atoms with E-state index in [2.05, 4.69) is 0 Å². The molecule has 0 fully saturated rings. The monoisotopic (exact) mass is 318 g/mol. The Morgan fingerprint density at radius 2 is 1.59 bits per heavy atom. The zero-order valence-corrected chi connectivity index (χ0v) is 13.7. The first-order valence-corrected chi connectivity index (χ1v) is 8.60. The molecule has 2 aromatic rings. The van der Waals surface area contributed by atoms with Crippen LogP contribution in [0.4, 0.5) is 0 Å². The molecule has 0 saturated carbocycles. The molecule has 0 N–H and O–H groups in total. The van der Waals surface area contributed by atoms with Crippen LogP contribution >= 0.6 is 7.60 Å². The van der Waals surface area contributed by atoms with Crippen molar-refractivity contribution in [1.82, 2.24) is 0 Å². The van der Waals surface area contributed by atoms with Crippen LogP contribution in [0.5, 0.6) is 5.75 Å². The van der Waals surface area contributed by atoms with Crippen LogP contribution in [-0.4, -0.2) is 11.6 Å². The molecule has 2 aromatic carbocycles. The van der Waals surface area contributed by atoms with E-state index < -0.39 is 19.2 Å². The Labute approximate surface area is 130 Å². The van der Waals surface area contributed by atoms with Gasteiger partial charge in [0.2, 0.25) is 0 Å². The highest BCUT2D eigenvalue weighted by molar-refractivity contribution is 7.73. The minimum Gasteiger partial charge on any atom is -0.419 e. The van der Waals surface area contributed by atoms with Crippen LogP contribution in [0.1, 0.15) is 29.8 Å². The highest BCUT2D eigenvalue weighted by atomic mass is 31.2. The van der Waals surface area contributed by atoms with Gasteiger partial charge in [-0.05, 0) is 38.5 Å². The van der Waals surface area contributed by atoms with E-state index in [1.54, 1.807) is 63.2 Å². The summed E-state index contributed by atoms with van der Waals surface area (Å²) >= 11 is 0. The molecule has 0 aliphatic carbocycles. The predicted molar refractivity (Wildman–Crippen MR) is 86.4 cm³/mol. The lowest BCUT2D eigenvalue weighted by Gasteiger charge is -2.20. The van der Waals surface area contributed by atoms with E-state index in [-0.39, 0.29) is 0 Å². The van der Waals surface area contributed by atoms with Crippen molar-refractivity contribution in [3.05, 3.63) is 65.7 Å². The lowest BCUT2D eigenvalue weighted by Crippen LogP contribution is -2.14. The fraction of sp³-hybridized carbons (Fsp3) is 0.235. The Bertz CT molecular complexity index is 695. The number of carbonyl (C=O) groups excluding carboxylic acids is 1. The van der Waals surface area contributed by atoms with Crippen LogP contribution in [0.3, 0.4) is 0 Å². The molecule has 4 nitrogen and oxygen atoms in total. The highest BCUT2D eigenvalue weighted by Crippen LogP contribution is 2.52. The first-order valence-electron chi connectivity index (χ1n) is 7.06. The first-order chi connectivity index (χ1) is 10.4. The minimum atomic E-state index is -3.98. The molecule has 5 heteroatoms. The molecule has 0 bridgehead atoms. The van der Waals surface area contributed by atoms with Gasteiger partial charge in [0.1, 0.15) is 5.75 Å². The van der Waals surface area contributed by atoms with E-state index in [0.717, 1.165) is 5.56 Å². The summed E-state index contributed by atoms with van der Waals surface area (Å²) < 4.78 is 23.9. The topological polar surface area (TPSA) is 52.6 Å². The third-order valence-electron chi connectivity index (χ3n) is 2.94. The fourth-order valence-electron chi connectivity index (χ4n) is 1.97. The maximum Gasteiger partial charge on any atom is 0.451 e. The van der Waals surface area contributed by atoms with Crippen molar-refractivity contribution in [2.45, 2.75) is 26.9 Å². The van der Waals surface area contributed by atoms with Crippen molar-refractivity contribution in [1.29, 1.82) is 0 Å². The van der Waals surface area contributed by atoms with Gasteiger partial charge in [-0.25, -0.2) is 4.57 Å². The molecule has 1 atom stereocenters. The van der Waals surface area contributed by atoms with Crippen molar-refractivity contribution < 1.29 is 18.4 Å². The molecule has 1 unspecified atom stereocenters. The van der Waals surface area contributed by atoms with Gasteiger partial charge in [0, 0.05) is 5.56 Å². The van der Waals surface area contributed by atoms with E-state index in [1.165, 1.54) is 0 Å². The largest absolute Gasteiger partial charge is 0.451 e. The van der Waals surface area contributed by atoms with E-state index in [9.17, 15) is 9.36 Å². The van der Waals surface area contributed by atoms with Gasteiger partial charge in [-0.15, -0.1) is 0 Å². The Kier molecular flexibility index (Phi) is 5.17. The molecule has 0 aliphatic rings. The van der Waals surface area contributed by atoms with E-state index >= 15 is 0 Å². The third-order valence-corrected chi connectivity index (χ3v) is 4.83. The number of benzene rings is 2. The van der Waals surface area contributed by atoms with Gasteiger partial charge >= 0.3 is 7.60 Å². The van der Waals surface area contributed by atoms with Crippen LogP contribution in [0, 0.1) is 6.92 Å². The summed E-state index contributed by atoms with van der Waals surface area (Å²) in [7, 11) is -3.98. The van der Waals surface area contributed by atoms with E-state index in [4.69, 9.17) is 9.05 Å². The Morgan fingerprint density at radius 1 is 1.00 bits per heavy atom. The summed E-state index contributed by atoms with van der Waals surface area (Å²) in [6, 6.07) is 15.5. The molecule has 0 amide bonds. The zero-order valence-electron chi connectivity index (χ0n) is 12.9. The summed E-state index contributed by atoms with van der Waals surface area (Å²) in [5.74, 6) is 0.341. The van der Waals surface area contributed by atoms with E-state index in [0.29, 0.717) is 11.3 Å². The molecule has 0 radical (unpaired) electrons. The second kappa shape index (κ2) is 6.91. The normalized spacial score (nSPS) is 13.6. The predicted octanol–water partition coefficient (Wildman–Crippen LogP) is 4.83. The standard InChI is InChI=1S/C17H19O4P/c1-13(2)20-22(19,21-15-10-5-4-6-11-15)17(18)16-12-8-7-9-14(16)3/h4-13H,1-3H3. The summed E-state index contributed by atoms with van der Waals surface area (Å²) in [4.78, 5) is 12.7. The number of hydrogen-bond donors (Lipinski definition) is 0. The van der Waals surface area contributed by atoms with Crippen molar-refractivity contribution in [2.75, 3.05) is 0 Å². The lowest BCUT2D eigenvalue weighted by molar-refractivity contribution is 0.101. The Morgan fingerprint density at radius 3 is 2.18 bits per heavy atom. The van der Waals surface area contributed by atoms with Crippen molar-refractivity contribution >= 4 is 13.1 Å². The van der Waals surface area contributed by atoms with Gasteiger partial charge in [-0.2, -0.15) is 0 Å². The quantitative estimate of drug-likeness (QED) is 0.716. The molecule has 116 valence electrons. The molecule has 22 heavy (non-hydrogen) atoms. The SMILES string of the molecule is Cc1ccccc1C(=O)P(=O)(Oc1ccccc1)OC(C)C. The maximum atomic E-state index is 13.1. The number of aryl methyl sites for hydroxylation is 1. The Hall–Kier alpha value is -1.90. The lowest BCUT2D eigenvalue weighted by atomic mass is 10.1.